The summed E-state index contributed by atoms with van der Waals surface area (Å²) in [4.78, 5) is 20.7. The molecule has 0 aromatic rings. The molecule has 0 bridgehead atoms. The molecule has 2 atom stereocenters. The summed E-state index contributed by atoms with van der Waals surface area (Å²) >= 11 is 0. The van der Waals surface area contributed by atoms with E-state index in [4.69, 9.17) is 0 Å². The Morgan fingerprint density at radius 3 is 1.14 bits per heavy atom. The van der Waals surface area contributed by atoms with Crippen molar-refractivity contribution in [1.82, 2.24) is 0 Å². The molecule has 124 valence electrons. The van der Waals surface area contributed by atoms with E-state index in [1.807, 2.05) is 13.8 Å². The van der Waals surface area contributed by atoms with Crippen LogP contribution in [0.4, 0.5) is 0 Å². The second-order valence-electron chi connectivity index (χ2n) is 5.13. The molecule has 0 fully saturated rings. The van der Waals surface area contributed by atoms with Crippen LogP contribution < -0.4 is 10.2 Å². The minimum Gasteiger partial charge on any atom is -0.550 e. The molecular formula is C16H30O4Sn2+2. The Morgan fingerprint density at radius 1 is 0.727 bits per heavy atom. The molecule has 0 aliphatic carbocycles. The first-order valence-corrected chi connectivity index (χ1v) is 7.86. The number of carbonyl (C=O) groups is 2. The predicted molar refractivity (Wildman–Crippen MR) is 88.1 cm³/mol. The first kappa shape index (κ1) is 30.4. The molecule has 0 aliphatic heterocycles. The molecule has 0 spiro atoms. The van der Waals surface area contributed by atoms with Crippen molar-refractivity contribution < 1.29 is 19.8 Å². The molecular weight excluding hydrogens is 494 g/mol. The van der Waals surface area contributed by atoms with Crippen molar-refractivity contribution in [3.05, 3.63) is 0 Å². The summed E-state index contributed by atoms with van der Waals surface area (Å²) in [5.74, 6) is -2.23. The Kier molecular flexibility index (Phi) is 29.8. The maximum atomic E-state index is 10.3. The Balaban J connectivity index is -0.000000135. The van der Waals surface area contributed by atoms with E-state index in [1.165, 1.54) is 0 Å². The van der Waals surface area contributed by atoms with Crippen molar-refractivity contribution in [2.24, 2.45) is 11.8 Å². The zero-order valence-electron chi connectivity index (χ0n) is 14.4. The Labute approximate surface area is 169 Å². The first-order valence-electron chi connectivity index (χ1n) is 7.86. The van der Waals surface area contributed by atoms with Crippen LogP contribution in [0.1, 0.15) is 79.1 Å². The summed E-state index contributed by atoms with van der Waals surface area (Å²) in [6.45, 7) is 7.89. The van der Waals surface area contributed by atoms with Gasteiger partial charge in [-0.25, -0.2) is 0 Å². The predicted octanol–water partition coefficient (Wildman–Crippen LogP) is 1.14. The maximum absolute atomic E-state index is 10.3. The number of hydrogen-bond acceptors (Lipinski definition) is 4. The molecule has 6 heteroatoms. The summed E-state index contributed by atoms with van der Waals surface area (Å²) in [6, 6.07) is 0. The summed E-state index contributed by atoms with van der Waals surface area (Å²) in [7, 11) is 0. The maximum Gasteiger partial charge on any atom is 2.00 e. The number of unbranched alkanes of at least 4 members (excludes halogenated alkanes) is 2. The van der Waals surface area contributed by atoms with Gasteiger partial charge in [-0.05, 0) is 37.5 Å². The number of aliphatic carboxylic acids is 2. The van der Waals surface area contributed by atoms with Crippen LogP contribution in [-0.2, 0) is 9.59 Å². The molecule has 0 saturated carbocycles. The quantitative estimate of drug-likeness (QED) is 0.402. The molecule has 0 aromatic carbocycles. The van der Waals surface area contributed by atoms with Crippen molar-refractivity contribution >= 4 is 59.8 Å². The van der Waals surface area contributed by atoms with E-state index in [-0.39, 0.29) is 59.7 Å². The SMILES string of the molecule is CCCCC(CC)C(=O)[O-].CCCCC(CC)C(=O)[O-].[Sn+2].[Sn+2]. The Morgan fingerprint density at radius 2 is 1.00 bits per heavy atom. The third kappa shape index (κ3) is 18.6. The van der Waals surface area contributed by atoms with Crippen LogP contribution in [0.25, 0.3) is 0 Å². The summed E-state index contributed by atoms with van der Waals surface area (Å²) in [5.41, 5.74) is 0. The van der Waals surface area contributed by atoms with Crippen molar-refractivity contribution in [3.8, 4) is 0 Å². The average Bonchev–Trinajstić information content (AvgIpc) is 2.40. The zero-order chi connectivity index (χ0) is 16.0. The Hall–Kier alpha value is 0.537. The zero-order valence-corrected chi connectivity index (χ0v) is 20.2. The topological polar surface area (TPSA) is 80.3 Å². The van der Waals surface area contributed by atoms with Gasteiger partial charge in [0.1, 0.15) is 0 Å². The van der Waals surface area contributed by atoms with E-state index in [2.05, 4.69) is 13.8 Å². The van der Waals surface area contributed by atoms with E-state index in [0.29, 0.717) is 12.8 Å². The third-order valence-electron chi connectivity index (χ3n) is 3.46. The van der Waals surface area contributed by atoms with Crippen LogP contribution in [0.15, 0.2) is 0 Å². The molecule has 0 N–H and O–H groups in total. The number of hydrogen-bond donors (Lipinski definition) is 0. The van der Waals surface area contributed by atoms with Gasteiger partial charge >= 0.3 is 47.8 Å². The average molecular weight is 524 g/mol. The largest absolute Gasteiger partial charge is 2.00 e. The number of carboxylic acids is 2. The van der Waals surface area contributed by atoms with E-state index in [0.717, 1.165) is 38.5 Å². The molecule has 4 radical (unpaired) electrons. The van der Waals surface area contributed by atoms with Gasteiger partial charge in [0.25, 0.3) is 0 Å². The molecule has 0 amide bonds. The number of carboxylic acid groups (broad SMARTS) is 2. The fourth-order valence-corrected chi connectivity index (χ4v) is 1.88. The van der Waals surface area contributed by atoms with Crippen LogP contribution in [0.5, 0.6) is 0 Å². The van der Waals surface area contributed by atoms with E-state index in [9.17, 15) is 19.8 Å². The van der Waals surface area contributed by atoms with Gasteiger partial charge in [-0.3, -0.25) is 0 Å². The van der Waals surface area contributed by atoms with Gasteiger partial charge in [-0.2, -0.15) is 0 Å². The van der Waals surface area contributed by atoms with Gasteiger partial charge in [0.2, 0.25) is 0 Å². The van der Waals surface area contributed by atoms with E-state index in [1.54, 1.807) is 0 Å². The van der Waals surface area contributed by atoms with Gasteiger partial charge in [0.05, 0.1) is 0 Å². The van der Waals surface area contributed by atoms with Crippen LogP contribution in [0.3, 0.4) is 0 Å². The van der Waals surface area contributed by atoms with Gasteiger partial charge in [-0.1, -0.05) is 53.4 Å². The smallest absolute Gasteiger partial charge is 0.550 e. The molecule has 0 aliphatic rings. The fourth-order valence-electron chi connectivity index (χ4n) is 1.88. The molecule has 4 nitrogen and oxygen atoms in total. The Bertz CT molecular complexity index is 235. The van der Waals surface area contributed by atoms with Crippen LogP contribution in [-0.4, -0.2) is 59.8 Å². The molecule has 0 heterocycles. The van der Waals surface area contributed by atoms with Crippen LogP contribution >= 0.6 is 0 Å². The second kappa shape index (κ2) is 21.5. The summed E-state index contributed by atoms with van der Waals surface area (Å²) < 4.78 is 0. The van der Waals surface area contributed by atoms with Crippen molar-refractivity contribution in [3.63, 3.8) is 0 Å². The van der Waals surface area contributed by atoms with E-state index >= 15 is 0 Å². The van der Waals surface area contributed by atoms with Crippen molar-refractivity contribution in [2.75, 3.05) is 0 Å². The van der Waals surface area contributed by atoms with E-state index < -0.39 is 11.9 Å². The van der Waals surface area contributed by atoms with Gasteiger partial charge in [0, 0.05) is 11.9 Å². The standard InChI is InChI=1S/2C8H16O2.2Sn/c2*1-3-5-6-7(4-2)8(9)10;;/h2*7H,3-6H2,1-2H3,(H,9,10);;/q;;2*+2/p-2. The van der Waals surface area contributed by atoms with Gasteiger partial charge < -0.3 is 19.8 Å². The summed E-state index contributed by atoms with van der Waals surface area (Å²) in [5, 5.41) is 20.7. The van der Waals surface area contributed by atoms with Crippen molar-refractivity contribution in [1.29, 1.82) is 0 Å². The van der Waals surface area contributed by atoms with Crippen LogP contribution in [0, 0.1) is 11.8 Å². The number of carbonyl (C=O) groups excluding carboxylic acids is 2. The summed E-state index contributed by atoms with van der Waals surface area (Å²) in [6.07, 6.45) is 7.04. The molecule has 0 aromatic heterocycles. The minimum absolute atomic E-state index is 0. The minimum atomic E-state index is -0.893. The number of rotatable bonds is 10. The van der Waals surface area contributed by atoms with Crippen molar-refractivity contribution in [2.45, 2.75) is 79.1 Å². The van der Waals surface area contributed by atoms with Gasteiger partial charge in [-0.15, -0.1) is 0 Å². The molecule has 22 heavy (non-hydrogen) atoms. The monoisotopic (exact) mass is 526 g/mol. The molecule has 0 saturated heterocycles. The van der Waals surface area contributed by atoms with Gasteiger partial charge in [0.15, 0.2) is 0 Å². The normalized spacial score (nSPS) is 11.8. The molecule has 0 rings (SSSR count). The second-order valence-corrected chi connectivity index (χ2v) is 5.13. The molecule has 2 unspecified atom stereocenters. The van der Waals surface area contributed by atoms with Crippen LogP contribution in [0.2, 0.25) is 0 Å². The first-order chi connectivity index (χ1) is 9.44. The third-order valence-corrected chi connectivity index (χ3v) is 3.46. The fraction of sp³-hybridized carbons (Fsp3) is 0.875.